The number of fused-ring (bicyclic) bond motifs is 2. The van der Waals surface area contributed by atoms with Crippen LogP contribution in [0.25, 0.3) is 5.70 Å². The number of aryl methyl sites for hydroxylation is 1. The molecule has 1 amide bonds. The van der Waals surface area contributed by atoms with Crippen molar-refractivity contribution in [3.63, 3.8) is 0 Å². The van der Waals surface area contributed by atoms with E-state index >= 15 is 0 Å². The molecule has 0 aromatic heterocycles. The molecule has 0 unspecified atom stereocenters. The molecule has 5 nitrogen and oxygen atoms in total. The first kappa shape index (κ1) is 26.5. The summed E-state index contributed by atoms with van der Waals surface area (Å²) in [7, 11) is 0. The Labute approximate surface area is 240 Å². The van der Waals surface area contributed by atoms with Gasteiger partial charge in [0.25, 0.3) is 0 Å². The molecule has 1 aromatic rings. The first-order chi connectivity index (χ1) is 18.5. The summed E-state index contributed by atoms with van der Waals surface area (Å²) in [6, 6.07) is 6.42. The topological polar surface area (TPSA) is 47.6 Å². The van der Waals surface area contributed by atoms with Crippen molar-refractivity contribution in [2.75, 3.05) is 39.3 Å². The van der Waals surface area contributed by atoms with E-state index in [1.807, 2.05) is 6.07 Å². The van der Waals surface area contributed by atoms with E-state index in [9.17, 15) is 4.79 Å². The molecule has 0 spiro atoms. The van der Waals surface area contributed by atoms with Crippen molar-refractivity contribution in [3.8, 4) is 0 Å². The average molecular weight is 600 g/mol. The van der Waals surface area contributed by atoms with Crippen molar-refractivity contribution in [2.24, 2.45) is 17.8 Å². The largest absolute Gasteiger partial charge is 0.369 e. The van der Waals surface area contributed by atoms with Crippen LogP contribution in [0.4, 0.5) is 0 Å². The molecule has 204 valence electrons. The lowest BCUT2D eigenvalue weighted by Gasteiger charge is -2.42. The summed E-state index contributed by atoms with van der Waals surface area (Å²) in [5, 5.41) is 7.85. The molecule has 5 aliphatic rings. The van der Waals surface area contributed by atoms with E-state index in [0.717, 1.165) is 92.7 Å². The lowest BCUT2D eigenvalue weighted by atomic mass is 9.78. The second-order valence-corrected chi connectivity index (χ2v) is 13.2. The zero-order valence-electron chi connectivity index (χ0n) is 22.3. The number of rotatable bonds is 4. The van der Waals surface area contributed by atoms with Crippen LogP contribution in [0.3, 0.4) is 0 Å². The van der Waals surface area contributed by atoms with Gasteiger partial charge in [-0.2, -0.15) is 0 Å². The van der Waals surface area contributed by atoms with Crippen LogP contribution in [-0.2, 0) is 11.2 Å². The first-order valence-electron chi connectivity index (χ1n) is 14.6. The van der Waals surface area contributed by atoms with Crippen molar-refractivity contribution in [1.29, 1.82) is 0 Å². The fourth-order valence-corrected chi connectivity index (χ4v) is 7.93. The minimum Gasteiger partial charge on any atom is -0.369 e. The fourth-order valence-electron chi connectivity index (χ4n) is 7.34. The number of hydrogen-bond donors (Lipinski definition) is 2. The second-order valence-electron chi connectivity index (χ2n) is 11.8. The summed E-state index contributed by atoms with van der Waals surface area (Å²) < 4.78 is 1.10. The van der Waals surface area contributed by atoms with Crippen LogP contribution in [0.1, 0.15) is 62.5 Å². The molecule has 6 rings (SSSR count). The van der Waals surface area contributed by atoms with Gasteiger partial charge in [-0.15, -0.1) is 0 Å². The quantitative estimate of drug-likeness (QED) is 0.442. The third-order valence-electron chi connectivity index (χ3n) is 9.55. The van der Waals surface area contributed by atoms with Crippen molar-refractivity contribution in [3.05, 3.63) is 62.4 Å². The molecular formula is C31H40BrClN4O. The Bertz CT molecular complexity index is 1140. The van der Waals surface area contributed by atoms with E-state index in [0.29, 0.717) is 11.8 Å². The number of nitrogens with one attached hydrogen (secondary N) is 2. The average Bonchev–Trinajstić information content (AvgIpc) is 3.10. The zero-order chi connectivity index (χ0) is 26.1. The van der Waals surface area contributed by atoms with Gasteiger partial charge in [-0.25, -0.2) is 0 Å². The predicted octanol–water partition coefficient (Wildman–Crippen LogP) is 6.06. The van der Waals surface area contributed by atoms with Gasteiger partial charge < -0.3 is 20.4 Å². The summed E-state index contributed by atoms with van der Waals surface area (Å²) in [6.45, 7) is 6.21. The van der Waals surface area contributed by atoms with Gasteiger partial charge in [0.1, 0.15) is 0 Å². The summed E-state index contributed by atoms with van der Waals surface area (Å²) in [4.78, 5) is 17.7. The first-order valence-corrected chi connectivity index (χ1v) is 15.8. The molecule has 1 aliphatic carbocycles. The number of carbonyl (C=O) groups is 1. The number of dihydropyridines is 1. The maximum absolute atomic E-state index is 12.9. The van der Waals surface area contributed by atoms with Crippen LogP contribution in [0, 0.1) is 17.8 Å². The Balaban J connectivity index is 1.09. The molecule has 4 aliphatic heterocycles. The SMILES string of the molecule is O=C(CC1CCNCC1)N1CCC(C2CCN(C3=C4NC=C(Br)C=C4CCc4cc(Cl)ccc43)CC2)CC1. The maximum atomic E-state index is 12.9. The maximum Gasteiger partial charge on any atom is 0.222 e. The van der Waals surface area contributed by atoms with E-state index in [-0.39, 0.29) is 0 Å². The van der Waals surface area contributed by atoms with Gasteiger partial charge in [0.2, 0.25) is 5.91 Å². The van der Waals surface area contributed by atoms with Crippen LogP contribution >= 0.6 is 27.5 Å². The highest BCUT2D eigenvalue weighted by Crippen LogP contribution is 2.41. The van der Waals surface area contributed by atoms with Gasteiger partial charge in [0, 0.05) is 53.9 Å². The van der Waals surface area contributed by atoms with Crippen LogP contribution in [-0.4, -0.2) is 55.0 Å². The van der Waals surface area contributed by atoms with Crippen molar-refractivity contribution in [2.45, 2.75) is 57.8 Å². The number of piperidine rings is 3. The van der Waals surface area contributed by atoms with Gasteiger partial charge in [-0.05, 0) is 127 Å². The van der Waals surface area contributed by atoms with E-state index < -0.39 is 0 Å². The summed E-state index contributed by atoms with van der Waals surface area (Å²) in [5.41, 5.74) is 6.63. The second kappa shape index (κ2) is 11.8. The minimum absolute atomic E-state index is 0.398. The minimum atomic E-state index is 0.398. The highest BCUT2D eigenvalue weighted by atomic mass is 79.9. The molecule has 7 heteroatoms. The lowest BCUT2D eigenvalue weighted by Crippen LogP contribution is -2.43. The van der Waals surface area contributed by atoms with Crippen LogP contribution in [0.2, 0.25) is 5.02 Å². The third-order valence-corrected chi connectivity index (χ3v) is 10.2. The highest BCUT2D eigenvalue weighted by molar-refractivity contribution is 9.11. The number of benzene rings is 1. The number of likely N-dealkylation sites (tertiary alicyclic amines) is 2. The van der Waals surface area contributed by atoms with Crippen LogP contribution in [0.5, 0.6) is 0 Å². The van der Waals surface area contributed by atoms with Crippen molar-refractivity contribution < 1.29 is 4.79 Å². The molecule has 0 bridgehead atoms. The van der Waals surface area contributed by atoms with E-state index in [1.165, 1.54) is 53.8 Å². The highest BCUT2D eigenvalue weighted by Gasteiger charge is 2.34. The van der Waals surface area contributed by atoms with Gasteiger partial charge in [0.05, 0.1) is 11.4 Å². The van der Waals surface area contributed by atoms with E-state index in [2.05, 4.69) is 60.8 Å². The molecule has 1 aromatic carbocycles. The number of halogens is 2. The standard InChI is InChI=1S/C31H40BrClN4O/c32-26-18-25-2-1-24-19-27(33)3-4-28(24)31(30(25)35-20-26)37-15-9-23(10-16-37)22-7-13-36(14-8-22)29(38)17-21-5-11-34-12-6-21/h3-4,18-23,34-35H,1-2,5-17H2. The molecule has 0 saturated carbocycles. The summed E-state index contributed by atoms with van der Waals surface area (Å²) in [5.74, 6) is 2.49. The van der Waals surface area contributed by atoms with Crippen LogP contribution < -0.4 is 10.6 Å². The molecular weight excluding hydrogens is 560 g/mol. The van der Waals surface area contributed by atoms with Crippen molar-refractivity contribution >= 4 is 39.1 Å². The predicted molar refractivity (Wildman–Crippen MR) is 159 cm³/mol. The van der Waals surface area contributed by atoms with E-state index in [4.69, 9.17) is 11.6 Å². The van der Waals surface area contributed by atoms with Gasteiger partial charge in [0.15, 0.2) is 0 Å². The van der Waals surface area contributed by atoms with Crippen LogP contribution in [0.15, 0.2) is 46.2 Å². The van der Waals surface area contributed by atoms with Gasteiger partial charge >= 0.3 is 0 Å². The Kier molecular flexibility index (Phi) is 8.20. The zero-order valence-corrected chi connectivity index (χ0v) is 24.6. The Morgan fingerprint density at radius 2 is 1.68 bits per heavy atom. The molecule has 2 N–H and O–H groups in total. The fraction of sp³-hybridized carbons (Fsp3) is 0.581. The Morgan fingerprint density at radius 1 is 0.974 bits per heavy atom. The molecule has 0 radical (unpaired) electrons. The monoisotopic (exact) mass is 598 g/mol. The molecule has 3 saturated heterocycles. The number of nitrogens with zero attached hydrogens (tertiary/aromatic N) is 2. The lowest BCUT2D eigenvalue weighted by molar-refractivity contribution is -0.134. The smallest absolute Gasteiger partial charge is 0.222 e. The molecule has 0 atom stereocenters. The number of amides is 1. The third kappa shape index (κ3) is 5.73. The van der Waals surface area contributed by atoms with Gasteiger partial charge in [-0.1, -0.05) is 17.7 Å². The number of hydrogen-bond acceptors (Lipinski definition) is 4. The van der Waals surface area contributed by atoms with Gasteiger partial charge in [-0.3, -0.25) is 4.79 Å². The number of allylic oxidation sites excluding steroid dienone is 3. The Hall–Kier alpha value is -1.76. The summed E-state index contributed by atoms with van der Waals surface area (Å²) in [6.07, 6.45) is 14.2. The normalized spacial score (nSPS) is 23.7. The molecule has 3 fully saturated rings. The number of carbonyl (C=O) groups excluding carboxylic acids is 1. The van der Waals surface area contributed by atoms with E-state index in [1.54, 1.807) is 0 Å². The summed E-state index contributed by atoms with van der Waals surface area (Å²) >= 11 is 10.1. The molecule has 4 heterocycles. The Morgan fingerprint density at radius 3 is 2.42 bits per heavy atom. The molecule has 38 heavy (non-hydrogen) atoms. The van der Waals surface area contributed by atoms with Crippen molar-refractivity contribution in [1.82, 2.24) is 20.4 Å².